The van der Waals surface area contributed by atoms with E-state index in [4.69, 9.17) is 5.26 Å². The molecule has 0 spiro atoms. The molecular formula is C10H11BrN4. The lowest BCUT2D eigenvalue weighted by Gasteiger charge is -2.04. The van der Waals surface area contributed by atoms with Gasteiger partial charge in [-0.15, -0.1) is 0 Å². The highest BCUT2D eigenvalue weighted by molar-refractivity contribution is 9.10. The molecule has 0 fully saturated rings. The molecule has 0 aromatic carbocycles. The molecule has 5 heteroatoms. The quantitative estimate of drug-likeness (QED) is 0.610. The summed E-state index contributed by atoms with van der Waals surface area (Å²) in [5.74, 6) is 0. The van der Waals surface area contributed by atoms with Crippen LogP contribution in [0.4, 0.5) is 5.69 Å². The molecule has 0 aliphatic heterocycles. The van der Waals surface area contributed by atoms with E-state index in [1.165, 1.54) is 0 Å². The van der Waals surface area contributed by atoms with E-state index in [0.29, 0.717) is 11.4 Å². The largest absolute Gasteiger partial charge is 0.369 e. The number of nitriles is 1. The number of aromatic nitrogens is 1. The van der Waals surface area contributed by atoms with Crippen LogP contribution in [0.2, 0.25) is 0 Å². The number of halogens is 1. The number of nitrogens with zero attached hydrogens (tertiary/aromatic N) is 4. The first-order valence-corrected chi connectivity index (χ1v) is 5.11. The molecule has 0 radical (unpaired) electrons. The van der Waals surface area contributed by atoms with Gasteiger partial charge in [0.25, 0.3) is 0 Å². The molecule has 1 rings (SSSR count). The Bertz CT molecular complexity index is 432. The number of hydrogen-bond donors (Lipinski definition) is 0. The summed E-state index contributed by atoms with van der Waals surface area (Å²) in [5, 5.41) is 8.88. The van der Waals surface area contributed by atoms with E-state index in [9.17, 15) is 0 Å². The van der Waals surface area contributed by atoms with Crippen LogP contribution in [0.15, 0.2) is 15.5 Å². The molecule has 0 saturated carbocycles. The molecule has 0 aliphatic carbocycles. The van der Waals surface area contributed by atoms with Gasteiger partial charge in [0.2, 0.25) is 0 Å². The first-order chi connectivity index (χ1) is 7.04. The third-order valence-electron chi connectivity index (χ3n) is 1.66. The van der Waals surface area contributed by atoms with Crippen LogP contribution in [0, 0.1) is 18.3 Å². The SMILES string of the molecule is Cc1nc(C#N)c(/N=C\N(C)C)cc1Br. The molecule has 4 nitrogen and oxygen atoms in total. The second-order valence-corrected chi connectivity index (χ2v) is 4.10. The monoisotopic (exact) mass is 266 g/mol. The Morgan fingerprint density at radius 2 is 2.27 bits per heavy atom. The maximum atomic E-state index is 8.88. The average Bonchev–Trinajstić information content (AvgIpc) is 2.19. The smallest absolute Gasteiger partial charge is 0.166 e. The number of hydrogen-bond acceptors (Lipinski definition) is 3. The van der Waals surface area contributed by atoms with Crippen molar-refractivity contribution < 1.29 is 0 Å². The minimum atomic E-state index is 0.341. The molecule has 15 heavy (non-hydrogen) atoms. The summed E-state index contributed by atoms with van der Waals surface area (Å²) < 4.78 is 0.854. The van der Waals surface area contributed by atoms with Crippen molar-refractivity contribution in [2.24, 2.45) is 4.99 Å². The van der Waals surface area contributed by atoms with Crippen molar-refractivity contribution in [3.05, 3.63) is 21.9 Å². The standard InChI is InChI=1S/C10H11BrN4/c1-7-8(11)4-9(10(5-12)14-7)13-6-15(2)3/h4,6H,1-3H3/b13-6-. The van der Waals surface area contributed by atoms with Crippen molar-refractivity contribution in [2.75, 3.05) is 14.1 Å². The maximum Gasteiger partial charge on any atom is 0.166 e. The van der Waals surface area contributed by atoms with Crippen LogP contribution in [0.1, 0.15) is 11.4 Å². The number of aliphatic imine (C=N–C) groups is 1. The van der Waals surface area contributed by atoms with Gasteiger partial charge in [-0.25, -0.2) is 9.98 Å². The topological polar surface area (TPSA) is 52.3 Å². The highest BCUT2D eigenvalue weighted by atomic mass is 79.9. The molecule has 1 heterocycles. The molecule has 1 aromatic heterocycles. The van der Waals surface area contributed by atoms with Crippen molar-refractivity contribution in [1.29, 1.82) is 5.26 Å². The first-order valence-electron chi connectivity index (χ1n) is 4.32. The summed E-state index contributed by atoms with van der Waals surface area (Å²) in [6, 6.07) is 3.82. The van der Waals surface area contributed by atoms with Gasteiger partial charge in [-0.05, 0) is 28.9 Å². The highest BCUT2D eigenvalue weighted by Gasteiger charge is 2.05. The zero-order valence-electron chi connectivity index (χ0n) is 8.82. The average molecular weight is 267 g/mol. The van der Waals surface area contributed by atoms with Gasteiger partial charge in [-0.2, -0.15) is 5.26 Å². The highest BCUT2D eigenvalue weighted by Crippen LogP contribution is 2.24. The van der Waals surface area contributed by atoms with E-state index in [0.717, 1.165) is 10.2 Å². The van der Waals surface area contributed by atoms with Gasteiger partial charge in [-0.3, -0.25) is 0 Å². The molecule has 78 valence electrons. The lowest BCUT2D eigenvalue weighted by molar-refractivity contribution is 0.643. The second kappa shape index (κ2) is 4.89. The molecule has 0 N–H and O–H groups in total. The Morgan fingerprint density at radius 1 is 1.60 bits per heavy atom. The molecule has 0 aliphatic rings. The van der Waals surface area contributed by atoms with E-state index in [-0.39, 0.29) is 0 Å². The van der Waals surface area contributed by atoms with Gasteiger partial charge in [-0.1, -0.05) is 0 Å². The van der Waals surface area contributed by atoms with Crippen molar-refractivity contribution in [2.45, 2.75) is 6.92 Å². The Balaban J connectivity index is 3.18. The van der Waals surface area contributed by atoms with E-state index in [1.807, 2.05) is 27.1 Å². The van der Waals surface area contributed by atoms with Crippen LogP contribution >= 0.6 is 15.9 Å². The van der Waals surface area contributed by atoms with Crippen LogP contribution in [0.5, 0.6) is 0 Å². The molecule has 0 saturated heterocycles. The Morgan fingerprint density at radius 3 is 2.80 bits per heavy atom. The summed E-state index contributed by atoms with van der Waals surface area (Å²) in [6.45, 7) is 1.84. The summed E-state index contributed by atoms with van der Waals surface area (Å²) in [7, 11) is 3.73. The van der Waals surface area contributed by atoms with Crippen molar-refractivity contribution >= 4 is 28.0 Å². The van der Waals surface area contributed by atoms with E-state index < -0.39 is 0 Å². The summed E-state index contributed by atoms with van der Waals surface area (Å²) in [5.41, 5.74) is 1.70. The normalized spacial score (nSPS) is 10.3. The van der Waals surface area contributed by atoms with Gasteiger partial charge in [0, 0.05) is 18.6 Å². The second-order valence-electron chi connectivity index (χ2n) is 3.24. The van der Waals surface area contributed by atoms with E-state index in [1.54, 1.807) is 17.3 Å². The molecule has 0 bridgehead atoms. The van der Waals surface area contributed by atoms with Crippen LogP contribution in [0.3, 0.4) is 0 Å². The van der Waals surface area contributed by atoms with Gasteiger partial charge in [0.05, 0.1) is 12.0 Å². The lowest BCUT2D eigenvalue weighted by atomic mass is 10.3. The zero-order valence-corrected chi connectivity index (χ0v) is 10.4. The molecule has 0 atom stereocenters. The van der Waals surface area contributed by atoms with Crippen molar-refractivity contribution in [1.82, 2.24) is 9.88 Å². The van der Waals surface area contributed by atoms with Gasteiger partial charge >= 0.3 is 0 Å². The molecular weight excluding hydrogens is 256 g/mol. The number of aryl methyl sites for hydroxylation is 1. The summed E-state index contributed by atoms with van der Waals surface area (Å²) >= 11 is 3.36. The molecule has 0 unspecified atom stereocenters. The fraction of sp³-hybridized carbons (Fsp3) is 0.300. The number of pyridine rings is 1. The van der Waals surface area contributed by atoms with Crippen LogP contribution in [0.25, 0.3) is 0 Å². The van der Waals surface area contributed by atoms with Gasteiger partial charge in [0.1, 0.15) is 11.8 Å². The van der Waals surface area contributed by atoms with Crippen molar-refractivity contribution in [3.8, 4) is 6.07 Å². The third-order valence-corrected chi connectivity index (χ3v) is 2.47. The summed E-state index contributed by atoms with van der Waals surface area (Å²) in [4.78, 5) is 10.1. The minimum Gasteiger partial charge on any atom is -0.369 e. The molecule has 0 amide bonds. The Kier molecular flexibility index (Phi) is 3.81. The number of rotatable bonds is 2. The minimum absolute atomic E-state index is 0.341. The predicted molar refractivity (Wildman–Crippen MR) is 63.2 cm³/mol. The summed E-state index contributed by atoms with van der Waals surface area (Å²) in [6.07, 6.45) is 1.64. The van der Waals surface area contributed by atoms with E-state index >= 15 is 0 Å². The van der Waals surface area contributed by atoms with Gasteiger partial charge < -0.3 is 4.90 Å². The van der Waals surface area contributed by atoms with Crippen LogP contribution < -0.4 is 0 Å². The first kappa shape index (κ1) is 11.7. The third kappa shape index (κ3) is 3.03. The Hall–Kier alpha value is -1.41. The predicted octanol–water partition coefficient (Wildman–Crippen LogP) is 2.25. The Labute approximate surface area is 97.4 Å². The van der Waals surface area contributed by atoms with E-state index in [2.05, 4.69) is 25.9 Å². The maximum absolute atomic E-state index is 8.88. The molecule has 1 aromatic rings. The fourth-order valence-corrected chi connectivity index (χ4v) is 1.24. The van der Waals surface area contributed by atoms with Crippen LogP contribution in [-0.2, 0) is 0 Å². The zero-order chi connectivity index (χ0) is 11.4. The van der Waals surface area contributed by atoms with Crippen LogP contribution in [-0.4, -0.2) is 30.3 Å². The lowest BCUT2D eigenvalue weighted by Crippen LogP contribution is -2.07. The fourth-order valence-electron chi connectivity index (χ4n) is 0.930. The van der Waals surface area contributed by atoms with Gasteiger partial charge in [0.15, 0.2) is 5.69 Å². The van der Waals surface area contributed by atoms with Crippen molar-refractivity contribution in [3.63, 3.8) is 0 Å².